The topological polar surface area (TPSA) is 97.1 Å². The van der Waals surface area contributed by atoms with Crippen molar-refractivity contribution in [3.05, 3.63) is 63.5 Å². The third kappa shape index (κ3) is 4.10. The molecule has 0 unspecified atom stereocenters. The van der Waals surface area contributed by atoms with Gasteiger partial charge in [0.2, 0.25) is 16.7 Å². The van der Waals surface area contributed by atoms with Crippen molar-refractivity contribution in [2.24, 2.45) is 10.2 Å². The van der Waals surface area contributed by atoms with Crippen molar-refractivity contribution in [2.75, 3.05) is 0 Å². The van der Waals surface area contributed by atoms with Gasteiger partial charge in [0.05, 0.1) is 12.3 Å². The first-order valence-corrected chi connectivity index (χ1v) is 7.92. The van der Waals surface area contributed by atoms with Crippen LogP contribution in [-0.2, 0) is 32.7 Å². The van der Waals surface area contributed by atoms with Gasteiger partial charge in [0.25, 0.3) is 5.56 Å². The molecule has 127 valence electrons. The van der Waals surface area contributed by atoms with E-state index in [9.17, 15) is 9.90 Å². The van der Waals surface area contributed by atoms with Crippen LogP contribution in [0.2, 0.25) is 0 Å². The summed E-state index contributed by atoms with van der Waals surface area (Å²) in [6.07, 6.45) is 0. The smallest absolute Gasteiger partial charge is 0.283 e. The molecule has 0 amide bonds. The fourth-order valence-corrected chi connectivity index (χ4v) is 2.60. The van der Waals surface area contributed by atoms with Gasteiger partial charge in [-0.3, -0.25) is 9.36 Å². The van der Waals surface area contributed by atoms with Crippen molar-refractivity contribution in [1.82, 2.24) is 13.9 Å². The number of pyridine rings is 1. The van der Waals surface area contributed by atoms with Crippen molar-refractivity contribution in [3.8, 4) is 11.6 Å². The Morgan fingerprint density at radius 1 is 1.23 bits per heavy atom. The number of azo groups is 1. The summed E-state index contributed by atoms with van der Waals surface area (Å²) >= 11 is 1.05. The summed E-state index contributed by atoms with van der Waals surface area (Å²) in [6.45, 7) is 10.8. The van der Waals surface area contributed by atoms with Crippen LogP contribution in [0.1, 0.15) is 11.4 Å². The Bertz CT molecular complexity index is 1070. The van der Waals surface area contributed by atoms with Gasteiger partial charge in [0.15, 0.2) is 0 Å². The van der Waals surface area contributed by atoms with Crippen LogP contribution >= 0.6 is 11.5 Å². The molecule has 2 heterocycles. The molecule has 8 nitrogen and oxygen atoms in total. The van der Waals surface area contributed by atoms with E-state index in [0.717, 1.165) is 21.7 Å². The van der Waals surface area contributed by atoms with Gasteiger partial charge >= 0.3 is 0 Å². The second-order valence-corrected chi connectivity index (χ2v) is 5.88. The molecule has 1 radical (unpaired) electrons. The predicted octanol–water partition coefficient (Wildman–Crippen LogP) is 3.98. The number of aromatic hydroxyl groups is 1. The molecule has 0 fully saturated rings. The number of nitrogens with zero attached hydrogens (tertiary/aromatic N) is 6. The summed E-state index contributed by atoms with van der Waals surface area (Å²) < 4.78 is 5.01. The zero-order chi connectivity index (χ0) is 18.0. The molecule has 0 saturated heterocycles. The Morgan fingerprint density at radius 3 is 2.50 bits per heavy atom. The molecule has 0 saturated carbocycles. The minimum atomic E-state index is -0.584. The number of hydrogen-bond acceptors (Lipinski definition) is 7. The van der Waals surface area contributed by atoms with Gasteiger partial charge in [-0.25, -0.2) is 9.83 Å². The summed E-state index contributed by atoms with van der Waals surface area (Å²) in [5.74, 6) is 0.123. The predicted molar refractivity (Wildman–Crippen MR) is 93.5 cm³/mol. The Labute approximate surface area is 178 Å². The Morgan fingerprint density at radius 2 is 1.92 bits per heavy atom. The van der Waals surface area contributed by atoms with Crippen molar-refractivity contribution in [3.63, 3.8) is 0 Å². The van der Waals surface area contributed by atoms with Gasteiger partial charge in [-0.15, -0.1) is 10.2 Å². The summed E-state index contributed by atoms with van der Waals surface area (Å²) in [6, 6.07) is 8.17. The summed E-state index contributed by atoms with van der Waals surface area (Å²) in [4.78, 5) is 20.0. The van der Waals surface area contributed by atoms with E-state index in [1.54, 1.807) is 31.2 Å². The van der Waals surface area contributed by atoms with Crippen LogP contribution in [0.15, 0.2) is 45.4 Å². The van der Waals surface area contributed by atoms with Gasteiger partial charge in [-0.1, -0.05) is 17.7 Å². The van der Waals surface area contributed by atoms with Crippen LogP contribution in [0.5, 0.6) is 5.88 Å². The van der Waals surface area contributed by atoms with Crippen molar-refractivity contribution < 1.29 is 37.8 Å². The standard InChI is InChI=1S/C16H12N6O2S.Y/c1-9-4-6-11(7-5-9)22-14(23)12(17-3)8-13(15(22)24)19-20-16-18-10(2)21-25-16;/h4-8,23H,1-2H3;. The maximum atomic E-state index is 12.7. The molecule has 1 aromatic carbocycles. The van der Waals surface area contributed by atoms with E-state index in [1.165, 1.54) is 6.07 Å². The molecule has 1 N–H and O–H groups in total. The molecule has 2 aromatic heterocycles. The molecule has 0 aliphatic carbocycles. The van der Waals surface area contributed by atoms with Crippen LogP contribution in [0.3, 0.4) is 0 Å². The van der Waals surface area contributed by atoms with Crippen LogP contribution in [0, 0.1) is 20.4 Å². The molecule has 10 heteroatoms. The minimum Gasteiger partial charge on any atom is -0.502 e. The third-order valence-electron chi connectivity index (χ3n) is 3.31. The summed E-state index contributed by atoms with van der Waals surface area (Å²) in [7, 11) is 0. The van der Waals surface area contributed by atoms with Crippen LogP contribution < -0.4 is 5.56 Å². The quantitative estimate of drug-likeness (QED) is 0.491. The third-order valence-corrected chi connectivity index (χ3v) is 4.00. The van der Waals surface area contributed by atoms with Crippen molar-refractivity contribution in [2.45, 2.75) is 13.8 Å². The monoisotopic (exact) mass is 441 g/mol. The van der Waals surface area contributed by atoms with E-state index in [1.807, 2.05) is 6.92 Å². The first-order chi connectivity index (χ1) is 12.0. The average Bonchev–Trinajstić information content (AvgIpc) is 3.01. The van der Waals surface area contributed by atoms with E-state index in [-0.39, 0.29) is 44.1 Å². The summed E-state index contributed by atoms with van der Waals surface area (Å²) in [5.41, 5.74) is 0.685. The molecule has 0 atom stereocenters. The first-order valence-electron chi connectivity index (χ1n) is 7.15. The fourth-order valence-electron chi connectivity index (χ4n) is 2.09. The zero-order valence-electron chi connectivity index (χ0n) is 13.9. The van der Waals surface area contributed by atoms with Crippen LogP contribution in [0.4, 0.5) is 16.5 Å². The minimum absolute atomic E-state index is 0. The van der Waals surface area contributed by atoms with Gasteiger partial charge in [-0.2, -0.15) is 4.37 Å². The largest absolute Gasteiger partial charge is 0.502 e. The molecule has 0 bridgehead atoms. The normalized spacial score (nSPS) is 10.5. The Balaban J connectivity index is 0.00000243. The Kier molecular flexibility index (Phi) is 6.48. The average molecular weight is 441 g/mol. The maximum absolute atomic E-state index is 12.7. The maximum Gasteiger partial charge on any atom is 0.283 e. The van der Waals surface area contributed by atoms with Gasteiger partial charge in [0.1, 0.15) is 11.5 Å². The van der Waals surface area contributed by atoms with E-state index in [0.29, 0.717) is 16.6 Å². The molecular formula is C16H12N6O2SY. The van der Waals surface area contributed by atoms with E-state index >= 15 is 0 Å². The van der Waals surface area contributed by atoms with Crippen molar-refractivity contribution in [1.29, 1.82) is 0 Å². The van der Waals surface area contributed by atoms with Gasteiger partial charge in [-0.05, 0) is 32.0 Å². The SMILES string of the molecule is [C-]#[N+]c1cc(N=Nc2nc(C)ns2)c(=O)n(-c2ccc(C)cc2)c1O.[Y]. The molecule has 0 aliphatic rings. The molecule has 0 spiro atoms. The van der Waals surface area contributed by atoms with E-state index in [2.05, 4.69) is 24.4 Å². The zero-order valence-corrected chi connectivity index (χ0v) is 17.6. The number of rotatable bonds is 3. The number of hydrogen-bond donors (Lipinski definition) is 1. The second-order valence-electron chi connectivity index (χ2n) is 5.15. The first kappa shape index (κ1) is 20.0. The Hall–Kier alpha value is -2.28. The van der Waals surface area contributed by atoms with Crippen LogP contribution in [0.25, 0.3) is 10.5 Å². The van der Waals surface area contributed by atoms with E-state index in [4.69, 9.17) is 6.57 Å². The molecule has 3 rings (SSSR count). The molecule has 3 aromatic rings. The number of benzene rings is 1. The molecule has 26 heavy (non-hydrogen) atoms. The van der Waals surface area contributed by atoms with Crippen LogP contribution in [-0.4, -0.2) is 19.0 Å². The number of aryl methyl sites for hydroxylation is 2. The number of aromatic nitrogens is 3. The molecule has 0 aliphatic heterocycles. The van der Waals surface area contributed by atoms with Crippen molar-refractivity contribution >= 4 is 28.0 Å². The van der Waals surface area contributed by atoms with Gasteiger partial charge in [0, 0.05) is 44.2 Å². The van der Waals surface area contributed by atoms with E-state index < -0.39 is 11.4 Å². The second kappa shape index (κ2) is 8.40. The molecular weight excluding hydrogens is 429 g/mol. The van der Waals surface area contributed by atoms with Gasteiger partial charge < -0.3 is 5.11 Å². The summed E-state index contributed by atoms with van der Waals surface area (Å²) in [5, 5.41) is 18.3. The fraction of sp³-hybridized carbons (Fsp3) is 0.125.